The Hall–Kier alpha value is -2.28. The lowest BCUT2D eigenvalue weighted by molar-refractivity contribution is -0.140. The van der Waals surface area contributed by atoms with Gasteiger partial charge in [0.2, 0.25) is 0 Å². The van der Waals surface area contributed by atoms with Gasteiger partial charge >= 0.3 is 5.97 Å². The summed E-state index contributed by atoms with van der Waals surface area (Å²) in [6, 6.07) is 4.28. The molecule has 7 nitrogen and oxygen atoms in total. The normalized spacial score (nSPS) is 10.2. The van der Waals surface area contributed by atoms with E-state index >= 15 is 0 Å². The first kappa shape index (κ1) is 16.8. The fourth-order valence-electron chi connectivity index (χ4n) is 1.70. The number of amides is 1. The number of ether oxygens (including phenoxy) is 2. The van der Waals surface area contributed by atoms with Crippen LogP contribution < -0.4 is 5.73 Å². The minimum absolute atomic E-state index is 0.0902. The van der Waals surface area contributed by atoms with Crippen molar-refractivity contribution in [3.63, 3.8) is 0 Å². The van der Waals surface area contributed by atoms with Crippen molar-refractivity contribution in [2.45, 2.75) is 6.42 Å². The van der Waals surface area contributed by atoms with Gasteiger partial charge in [0.1, 0.15) is 5.75 Å². The number of methoxy groups -OCH3 is 2. The topological polar surface area (TPSA) is 102 Å². The Balaban J connectivity index is 2.82. The summed E-state index contributed by atoms with van der Waals surface area (Å²) in [4.78, 5) is 25.0. The van der Waals surface area contributed by atoms with E-state index in [9.17, 15) is 14.7 Å². The molecule has 1 rings (SSSR count). The van der Waals surface area contributed by atoms with E-state index in [1.54, 1.807) is 0 Å². The third kappa shape index (κ3) is 4.96. The van der Waals surface area contributed by atoms with E-state index in [1.807, 2.05) is 0 Å². The highest BCUT2D eigenvalue weighted by Crippen LogP contribution is 2.21. The molecule has 3 N–H and O–H groups in total. The molecule has 0 fully saturated rings. The van der Waals surface area contributed by atoms with Gasteiger partial charge in [-0.3, -0.25) is 9.59 Å². The highest BCUT2D eigenvalue weighted by atomic mass is 16.5. The number of nitrogens with zero attached hydrogens (tertiary/aromatic N) is 1. The number of esters is 1. The number of nitrogens with two attached hydrogens (primary N) is 1. The van der Waals surface area contributed by atoms with Gasteiger partial charge in [-0.25, -0.2) is 0 Å². The molecule has 0 atom stereocenters. The molecular weight excluding hydrogens is 276 g/mol. The number of benzene rings is 1. The predicted octanol–water partition coefficient (Wildman–Crippen LogP) is 0.626. The van der Waals surface area contributed by atoms with Gasteiger partial charge in [0, 0.05) is 25.8 Å². The number of phenolic OH excluding ortho intramolecular Hbond substituents is 1. The molecule has 0 saturated carbocycles. The SMILES string of the molecule is COCCN(CCC(=O)OC)C(=O)c1ccc(N)c(O)c1. The summed E-state index contributed by atoms with van der Waals surface area (Å²) in [6.07, 6.45) is 0.0902. The first-order chi connectivity index (χ1) is 9.99. The smallest absolute Gasteiger partial charge is 0.307 e. The van der Waals surface area contributed by atoms with E-state index in [1.165, 1.54) is 37.3 Å². The Morgan fingerprint density at radius 3 is 2.57 bits per heavy atom. The third-order valence-corrected chi connectivity index (χ3v) is 2.94. The van der Waals surface area contributed by atoms with Crippen LogP contribution in [0.25, 0.3) is 0 Å². The third-order valence-electron chi connectivity index (χ3n) is 2.94. The minimum Gasteiger partial charge on any atom is -0.506 e. The van der Waals surface area contributed by atoms with Crippen LogP contribution in [-0.2, 0) is 14.3 Å². The lowest BCUT2D eigenvalue weighted by atomic mass is 10.1. The first-order valence-electron chi connectivity index (χ1n) is 6.43. The van der Waals surface area contributed by atoms with E-state index in [2.05, 4.69) is 4.74 Å². The molecular formula is C14H20N2O5. The van der Waals surface area contributed by atoms with Crippen molar-refractivity contribution < 1.29 is 24.2 Å². The van der Waals surface area contributed by atoms with Crippen molar-refractivity contribution in [1.82, 2.24) is 4.90 Å². The Labute approximate surface area is 123 Å². The van der Waals surface area contributed by atoms with E-state index < -0.39 is 5.97 Å². The molecule has 0 bridgehead atoms. The summed E-state index contributed by atoms with van der Waals surface area (Å²) in [6.45, 7) is 0.880. The van der Waals surface area contributed by atoms with Gasteiger partial charge in [-0.15, -0.1) is 0 Å². The fourth-order valence-corrected chi connectivity index (χ4v) is 1.70. The summed E-state index contributed by atoms with van der Waals surface area (Å²) in [7, 11) is 2.82. The van der Waals surface area contributed by atoms with Gasteiger partial charge in [0.25, 0.3) is 5.91 Å². The molecule has 1 amide bonds. The molecule has 0 aliphatic rings. The van der Waals surface area contributed by atoms with E-state index in [4.69, 9.17) is 10.5 Å². The van der Waals surface area contributed by atoms with Gasteiger partial charge in [-0.1, -0.05) is 0 Å². The second-order valence-electron chi connectivity index (χ2n) is 4.38. The number of rotatable bonds is 7. The quantitative estimate of drug-likeness (QED) is 0.434. The van der Waals surface area contributed by atoms with E-state index in [0.717, 1.165) is 0 Å². The monoisotopic (exact) mass is 296 g/mol. The van der Waals surface area contributed by atoms with Crippen LogP contribution in [0.4, 0.5) is 5.69 Å². The van der Waals surface area contributed by atoms with Gasteiger partial charge < -0.3 is 25.2 Å². The highest BCUT2D eigenvalue weighted by Gasteiger charge is 2.18. The van der Waals surface area contributed by atoms with Gasteiger partial charge in [-0.05, 0) is 18.2 Å². The molecule has 0 unspecified atom stereocenters. The molecule has 1 aromatic rings. The van der Waals surface area contributed by atoms with Crippen LogP contribution in [0.1, 0.15) is 16.8 Å². The Kier molecular flexibility index (Phi) is 6.48. The maximum absolute atomic E-state index is 12.4. The van der Waals surface area contributed by atoms with Crippen molar-refractivity contribution in [3.8, 4) is 5.75 Å². The van der Waals surface area contributed by atoms with Crippen molar-refractivity contribution in [2.75, 3.05) is 39.6 Å². The molecule has 0 aliphatic heterocycles. The number of hydrogen-bond donors (Lipinski definition) is 2. The number of nitrogen functional groups attached to an aromatic ring is 1. The number of anilines is 1. The average molecular weight is 296 g/mol. The number of aromatic hydroxyl groups is 1. The summed E-state index contributed by atoms with van der Waals surface area (Å²) in [5.74, 6) is -0.864. The second-order valence-corrected chi connectivity index (χ2v) is 4.38. The zero-order valence-electron chi connectivity index (χ0n) is 12.2. The van der Waals surface area contributed by atoms with Gasteiger partial charge in [0.15, 0.2) is 0 Å². The van der Waals surface area contributed by atoms with Crippen LogP contribution in [0.3, 0.4) is 0 Å². The molecule has 0 saturated heterocycles. The molecule has 0 spiro atoms. The van der Waals surface area contributed by atoms with Crippen LogP contribution in [0, 0.1) is 0 Å². The van der Waals surface area contributed by atoms with E-state index in [-0.39, 0.29) is 30.3 Å². The van der Waals surface area contributed by atoms with Crippen LogP contribution in [-0.4, -0.2) is 55.8 Å². The van der Waals surface area contributed by atoms with E-state index in [0.29, 0.717) is 18.7 Å². The zero-order chi connectivity index (χ0) is 15.8. The molecule has 7 heteroatoms. The van der Waals surface area contributed by atoms with Crippen LogP contribution in [0.5, 0.6) is 5.75 Å². The lowest BCUT2D eigenvalue weighted by Gasteiger charge is -2.22. The summed E-state index contributed by atoms with van der Waals surface area (Å²) < 4.78 is 9.52. The molecule has 116 valence electrons. The molecule has 0 heterocycles. The van der Waals surface area contributed by atoms with Crippen molar-refractivity contribution >= 4 is 17.6 Å². The molecule has 0 aromatic heterocycles. The Bertz CT molecular complexity index is 504. The minimum atomic E-state index is -0.398. The molecule has 21 heavy (non-hydrogen) atoms. The van der Waals surface area contributed by atoms with Crippen molar-refractivity contribution in [1.29, 1.82) is 0 Å². The lowest BCUT2D eigenvalue weighted by Crippen LogP contribution is -2.35. The first-order valence-corrected chi connectivity index (χ1v) is 6.43. The molecule has 0 aliphatic carbocycles. The summed E-state index contributed by atoms with van der Waals surface area (Å²) >= 11 is 0. The maximum Gasteiger partial charge on any atom is 0.307 e. The Morgan fingerprint density at radius 1 is 1.29 bits per heavy atom. The number of carbonyl (C=O) groups is 2. The Morgan fingerprint density at radius 2 is 2.00 bits per heavy atom. The molecule has 1 aromatic carbocycles. The highest BCUT2D eigenvalue weighted by molar-refractivity contribution is 5.95. The average Bonchev–Trinajstić information content (AvgIpc) is 2.49. The van der Waals surface area contributed by atoms with Crippen LogP contribution in [0.15, 0.2) is 18.2 Å². The van der Waals surface area contributed by atoms with Gasteiger partial charge in [0.05, 0.1) is 25.8 Å². The maximum atomic E-state index is 12.4. The largest absolute Gasteiger partial charge is 0.506 e. The van der Waals surface area contributed by atoms with Crippen LogP contribution in [0.2, 0.25) is 0 Å². The second kappa shape index (κ2) is 8.11. The summed E-state index contributed by atoms with van der Waals surface area (Å²) in [5, 5.41) is 9.57. The predicted molar refractivity (Wildman–Crippen MR) is 76.9 cm³/mol. The summed E-state index contributed by atoms with van der Waals surface area (Å²) in [5.41, 5.74) is 6.00. The molecule has 0 radical (unpaired) electrons. The standard InChI is InChI=1S/C14H20N2O5/c1-20-8-7-16(6-5-13(18)21-2)14(19)10-3-4-11(15)12(17)9-10/h3-4,9,17H,5-8,15H2,1-2H3. The number of carbonyl (C=O) groups excluding carboxylic acids is 2. The van der Waals surface area contributed by atoms with Gasteiger partial charge in [-0.2, -0.15) is 0 Å². The fraction of sp³-hybridized carbons (Fsp3) is 0.429. The van der Waals surface area contributed by atoms with Crippen molar-refractivity contribution in [3.05, 3.63) is 23.8 Å². The number of phenols is 1. The van der Waals surface area contributed by atoms with Crippen LogP contribution >= 0.6 is 0 Å². The zero-order valence-corrected chi connectivity index (χ0v) is 12.2. The number of hydrogen-bond acceptors (Lipinski definition) is 6. The van der Waals surface area contributed by atoms with Crippen molar-refractivity contribution in [2.24, 2.45) is 0 Å².